The van der Waals surface area contributed by atoms with Crippen molar-refractivity contribution in [3.05, 3.63) is 29.8 Å². The van der Waals surface area contributed by atoms with Gasteiger partial charge < -0.3 is 10.1 Å². The van der Waals surface area contributed by atoms with Crippen LogP contribution in [0.5, 0.6) is 5.75 Å². The maximum atomic E-state index is 11.6. The maximum Gasteiger partial charge on any atom is 0.233 e. The average Bonchev–Trinajstić information content (AvgIpc) is 2.28. The summed E-state index contributed by atoms with van der Waals surface area (Å²) in [7, 11) is 0. The number of benzene rings is 1. The molecule has 0 fully saturated rings. The Kier molecular flexibility index (Phi) is 5.66. The van der Waals surface area contributed by atoms with Gasteiger partial charge in [0.1, 0.15) is 5.75 Å². The van der Waals surface area contributed by atoms with Gasteiger partial charge in [-0.05, 0) is 45.4 Å². The standard InChI is InChI=1S/C14H20BrNO2/c1-9(2)18-13-7-5-12(6-8-13)11(4)16-14(17)10(3)15/h5-11H,1-4H3,(H,16,17). The van der Waals surface area contributed by atoms with Crippen LogP contribution in [0.25, 0.3) is 0 Å². The zero-order valence-electron chi connectivity index (χ0n) is 11.2. The first-order valence-electron chi connectivity index (χ1n) is 6.11. The smallest absolute Gasteiger partial charge is 0.233 e. The van der Waals surface area contributed by atoms with E-state index in [1.807, 2.05) is 52.0 Å². The van der Waals surface area contributed by atoms with Gasteiger partial charge in [-0.1, -0.05) is 28.1 Å². The fourth-order valence-corrected chi connectivity index (χ4v) is 1.65. The Balaban J connectivity index is 2.64. The number of rotatable bonds is 5. The number of halogens is 1. The molecular formula is C14H20BrNO2. The molecule has 2 atom stereocenters. The zero-order chi connectivity index (χ0) is 13.7. The summed E-state index contributed by atoms with van der Waals surface area (Å²) in [4.78, 5) is 11.4. The fourth-order valence-electron chi connectivity index (χ4n) is 1.52. The molecule has 1 aromatic carbocycles. The SMILES string of the molecule is CC(C)Oc1ccc(C(C)NC(=O)C(C)Br)cc1. The Morgan fingerprint density at radius 1 is 1.17 bits per heavy atom. The molecule has 0 saturated heterocycles. The first kappa shape index (κ1) is 15.0. The number of hydrogen-bond donors (Lipinski definition) is 1. The van der Waals surface area contributed by atoms with Crippen LogP contribution in [0.3, 0.4) is 0 Å². The van der Waals surface area contributed by atoms with Crippen LogP contribution in [0.4, 0.5) is 0 Å². The number of hydrogen-bond acceptors (Lipinski definition) is 2. The minimum Gasteiger partial charge on any atom is -0.491 e. The highest BCUT2D eigenvalue weighted by Gasteiger charge is 2.13. The first-order chi connectivity index (χ1) is 8.40. The van der Waals surface area contributed by atoms with E-state index in [9.17, 15) is 4.79 Å². The number of nitrogens with one attached hydrogen (secondary N) is 1. The first-order valence-corrected chi connectivity index (χ1v) is 7.02. The summed E-state index contributed by atoms with van der Waals surface area (Å²) in [5.41, 5.74) is 1.06. The van der Waals surface area contributed by atoms with Gasteiger partial charge in [-0.3, -0.25) is 4.79 Å². The summed E-state index contributed by atoms with van der Waals surface area (Å²) in [6.07, 6.45) is 0.169. The third-order valence-electron chi connectivity index (χ3n) is 2.47. The normalized spacial score (nSPS) is 14.1. The summed E-state index contributed by atoms with van der Waals surface area (Å²) in [6, 6.07) is 7.79. The summed E-state index contributed by atoms with van der Waals surface area (Å²) >= 11 is 3.25. The number of alkyl halides is 1. The zero-order valence-corrected chi connectivity index (χ0v) is 12.8. The molecule has 0 saturated carbocycles. The van der Waals surface area contributed by atoms with Gasteiger partial charge in [0.25, 0.3) is 0 Å². The van der Waals surface area contributed by atoms with Crippen molar-refractivity contribution in [2.24, 2.45) is 0 Å². The predicted molar refractivity (Wildman–Crippen MR) is 77.2 cm³/mol. The van der Waals surface area contributed by atoms with Crippen molar-refractivity contribution < 1.29 is 9.53 Å². The van der Waals surface area contributed by atoms with Crippen molar-refractivity contribution in [2.75, 3.05) is 0 Å². The van der Waals surface area contributed by atoms with Gasteiger partial charge in [0.2, 0.25) is 5.91 Å². The second kappa shape index (κ2) is 6.78. The molecule has 0 bridgehead atoms. The monoisotopic (exact) mass is 313 g/mol. The highest BCUT2D eigenvalue weighted by Crippen LogP contribution is 2.18. The summed E-state index contributed by atoms with van der Waals surface area (Å²) in [5.74, 6) is 0.839. The van der Waals surface area contributed by atoms with Gasteiger partial charge in [0.15, 0.2) is 0 Å². The van der Waals surface area contributed by atoms with Crippen molar-refractivity contribution in [2.45, 2.75) is 44.7 Å². The van der Waals surface area contributed by atoms with Gasteiger partial charge in [0.05, 0.1) is 17.0 Å². The largest absolute Gasteiger partial charge is 0.491 e. The van der Waals surface area contributed by atoms with E-state index in [2.05, 4.69) is 21.2 Å². The molecule has 0 heterocycles. The van der Waals surface area contributed by atoms with E-state index >= 15 is 0 Å². The van der Waals surface area contributed by atoms with E-state index in [4.69, 9.17) is 4.74 Å². The lowest BCUT2D eigenvalue weighted by Gasteiger charge is -2.16. The van der Waals surface area contributed by atoms with Gasteiger partial charge in [-0.25, -0.2) is 0 Å². The van der Waals surface area contributed by atoms with Crippen LogP contribution in [0.1, 0.15) is 39.3 Å². The lowest BCUT2D eigenvalue weighted by molar-refractivity contribution is -0.120. The molecule has 100 valence electrons. The molecule has 2 unspecified atom stereocenters. The van der Waals surface area contributed by atoms with E-state index in [0.717, 1.165) is 11.3 Å². The van der Waals surface area contributed by atoms with Crippen molar-refractivity contribution in [3.63, 3.8) is 0 Å². The number of amides is 1. The Bertz CT molecular complexity index is 387. The van der Waals surface area contributed by atoms with Crippen LogP contribution in [0.15, 0.2) is 24.3 Å². The van der Waals surface area contributed by atoms with E-state index in [0.29, 0.717) is 0 Å². The lowest BCUT2D eigenvalue weighted by Crippen LogP contribution is -2.31. The highest BCUT2D eigenvalue weighted by molar-refractivity contribution is 9.10. The average molecular weight is 314 g/mol. The number of ether oxygens (including phenoxy) is 1. The topological polar surface area (TPSA) is 38.3 Å². The molecule has 1 aromatic rings. The van der Waals surface area contributed by atoms with Crippen LogP contribution in [-0.4, -0.2) is 16.8 Å². The molecule has 1 amide bonds. The highest BCUT2D eigenvalue weighted by atomic mass is 79.9. The third kappa shape index (κ3) is 4.69. The Hall–Kier alpha value is -1.03. The molecule has 0 radical (unpaired) electrons. The molecule has 0 spiro atoms. The molecule has 0 aliphatic heterocycles. The van der Waals surface area contributed by atoms with E-state index in [1.165, 1.54) is 0 Å². The Morgan fingerprint density at radius 2 is 1.72 bits per heavy atom. The minimum absolute atomic E-state index is 0.00870. The van der Waals surface area contributed by atoms with E-state index in [-0.39, 0.29) is 22.9 Å². The van der Waals surface area contributed by atoms with Crippen LogP contribution in [-0.2, 0) is 4.79 Å². The molecule has 3 nitrogen and oxygen atoms in total. The minimum atomic E-state index is -0.177. The molecule has 4 heteroatoms. The molecule has 18 heavy (non-hydrogen) atoms. The summed E-state index contributed by atoms with van der Waals surface area (Å²) < 4.78 is 5.57. The second-order valence-electron chi connectivity index (χ2n) is 4.58. The molecule has 1 rings (SSSR count). The summed E-state index contributed by atoms with van der Waals surface area (Å²) in [6.45, 7) is 7.76. The van der Waals surface area contributed by atoms with Crippen molar-refractivity contribution in [3.8, 4) is 5.75 Å². The van der Waals surface area contributed by atoms with Gasteiger partial charge >= 0.3 is 0 Å². The van der Waals surface area contributed by atoms with Crippen LogP contribution >= 0.6 is 15.9 Å². The number of carbonyl (C=O) groups excluding carboxylic acids is 1. The van der Waals surface area contributed by atoms with Gasteiger partial charge in [-0.15, -0.1) is 0 Å². The fraction of sp³-hybridized carbons (Fsp3) is 0.500. The maximum absolute atomic E-state index is 11.6. The van der Waals surface area contributed by atoms with Gasteiger partial charge in [0, 0.05) is 0 Å². The van der Waals surface area contributed by atoms with E-state index in [1.54, 1.807) is 0 Å². The van der Waals surface area contributed by atoms with Crippen LogP contribution in [0, 0.1) is 0 Å². The third-order valence-corrected chi connectivity index (χ3v) is 2.89. The quantitative estimate of drug-likeness (QED) is 0.846. The molecule has 1 N–H and O–H groups in total. The second-order valence-corrected chi connectivity index (χ2v) is 5.96. The van der Waals surface area contributed by atoms with E-state index < -0.39 is 0 Å². The van der Waals surface area contributed by atoms with Crippen molar-refractivity contribution >= 4 is 21.8 Å². The van der Waals surface area contributed by atoms with Crippen molar-refractivity contribution in [1.82, 2.24) is 5.32 Å². The van der Waals surface area contributed by atoms with Crippen molar-refractivity contribution in [1.29, 1.82) is 0 Å². The molecule has 0 aromatic heterocycles. The number of carbonyl (C=O) groups is 1. The lowest BCUT2D eigenvalue weighted by atomic mass is 10.1. The summed E-state index contributed by atoms with van der Waals surface area (Å²) in [5, 5.41) is 2.93. The van der Waals surface area contributed by atoms with Crippen LogP contribution < -0.4 is 10.1 Å². The molecule has 0 aliphatic rings. The van der Waals surface area contributed by atoms with Gasteiger partial charge in [-0.2, -0.15) is 0 Å². The Morgan fingerprint density at radius 3 is 2.17 bits per heavy atom. The Labute approximate surface area is 117 Å². The predicted octanol–water partition coefficient (Wildman–Crippen LogP) is 3.43. The van der Waals surface area contributed by atoms with Crippen LogP contribution in [0.2, 0.25) is 0 Å². The molecular weight excluding hydrogens is 294 g/mol. The molecule has 0 aliphatic carbocycles.